The highest BCUT2D eigenvalue weighted by Crippen LogP contribution is 2.29. The Morgan fingerprint density at radius 1 is 0.913 bits per heavy atom. The Hall–Kier alpha value is -2.72. The van der Waals surface area contributed by atoms with Crippen LogP contribution in [-0.2, 0) is 0 Å². The minimum Gasteiger partial charge on any atom is -0.264 e. The van der Waals surface area contributed by atoms with E-state index in [4.69, 9.17) is 11.6 Å². The zero-order valence-electron chi connectivity index (χ0n) is 12.4. The summed E-state index contributed by atoms with van der Waals surface area (Å²) in [5.41, 5.74) is 6.01. The molecule has 4 nitrogen and oxygen atoms in total. The third-order valence-electron chi connectivity index (χ3n) is 3.87. The Morgan fingerprint density at radius 2 is 1.74 bits per heavy atom. The second-order valence-corrected chi connectivity index (χ2v) is 5.76. The van der Waals surface area contributed by atoms with Gasteiger partial charge in [-0.05, 0) is 36.8 Å². The summed E-state index contributed by atoms with van der Waals surface area (Å²) in [4.78, 5) is 8.81. The molecule has 0 aliphatic heterocycles. The van der Waals surface area contributed by atoms with Crippen LogP contribution in [0.5, 0.6) is 0 Å². The zero-order valence-corrected chi connectivity index (χ0v) is 13.2. The molecule has 4 rings (SSSR count). The molecule has 0 atom stereocenters. The van der Waals surface area contributed by atoms with Crippen molar-refractivity contribution < 1.29 is 0 Å². The Bertz CT molecular complexity index is 990. The normalized spacial score (nSPS) is 11.0. The molecule has 1 aromatic carbocycles. The van der Waals surface area contributed by atoms with Gasteiger partial charge in [-0.1, -0.05) is 23.7 Å². The second-order valence-electron chi connectivity index (χ2n) is 5.32. The van der Waals surface area contributed by atoms with E-state index < -0.39 is 0 Å². The summed E-state index contributed by atoms with van der Waals surface area (Å²) in [6.45, 7) is 2.07. The van der Waals surface area contributed by atoms with Crippen molar-refractivity contribution in [2.24, 2.45) is 0 Å². The fourth-order valence-corrected chi connectivity index (χ4v) is 2.80. The maximum absolute atomic E-state index is 5.97. The molecule has 3 heterocycles. The molecular weight excluding hydrogens is 308 g/mol. The highest BCUT2D eigenvalue weighted by Gasteiger charge is 2.13. The molecule has 5 heteroatoms. The first kappa shape index (κ1) is 13.9. The average Bonchev–Trinajstić information content (AvgIpc) is 3.00. The summed E-state index contributed by atoms with van der Waals surface area (Å²) in [6.07, 6.45) is 7.28. The van der Waals surface area contributed by atoms with Crippen molar-refractivity contribution in [2.45, 2.75) is 6.92 Å². The van der Waals surface area contributed by atoms with Crippen LogP contribution in [-0.4, -0.2) is 19.6 Å². The lowest BCUT2D eigenvalue weighted by molar-refractivity contribution is 0.944. The molecule has 23 heavy (non-hydrogen) atoms. The second kappa shape index (κ2) is 5.48. The van der Waals surface area contributed by atoms with Crippen LogP contribution < -0.4 is 0 Å². The number of rotatable bonds is 2. The van der Waals surface area contributed by atoms with Gasteiger partial charge in [-0.15, -0.1) is 0 Å². The number of aromatic nitrogens is 4. The first-order chi connectivity index (χ1) is 11.2. The number of halogens is 1. The Morgan fingerprint density at radius 3 is 2.52 bits per heavy atom. The molecular formula is C18H13ClN4. The highest BCUT2D eigenvalue weighted by molar-refractivity contribution is 6.30. The average molecular weight is 321 g/mol. The molecule has 4 aromatic rings. The molecule has 0 unspecified atom stereocenters. The van der Waals surface area contributed by atoms with E-state index in [-0.39, 0.29) is 0 Å². The number of imidazole rings is 1. The summed E-state index contributed by atoms with van der Waals surface area (Å²) in [6, 6.07) is 11.6. The van der Waals surface area contributed by atoms with Crippen LogP contribution in [0, 0.1) is 6.92 Å². The molecule has 0 amide bonds. The van der Waals surface area contributed by atoms with E-state index >= 15 is 0 Å². The van der Waals surface area contributed by atoms with E-state index in [1.807, 2.05) is 53.3 Å². The van der Waals surface area contributed by atoms with Gasteiger partial charge in [-0.2, -0.15) is 5.10 Å². The van der Waals surface area contributed by atoms with Crippen LogP contribution in [0.25, 0.3) is 28.0 Å². The van der Waals surface area contributed by atoms with Crippen molar-refractivity contribution in [3.05, 3.63) is 71.8 Å². The zero-order chi connectivity index (χ0) is 15.8. The van der Waals surface area contributed by atoms with Gasteiger partial charge in [-0.3, -0.25) is 4.98 Å². The van der Waals surface area contributed by atoms with Gasteiger partial charge < -0.3 is 0 Å². The SMILES string of the molecule is Cc1ccncc1-c1ccnn2c(-c3ccc(Cl)cc3)cnc12. The summed E-state index contributed by atoms with van der Waals surface area (Å²) in [5.74, 6) is 0. The Balaban J connectivity index is 1.94. The highest BCUT2D eigenvalue weighted by atomic mass is 35.5. The number of nitrogens with zero attached hydrogens (tertiary/aromatic N) is 4. The van der Waals surface area contributed by atoms with Gasteiger partial charge in [0.2, 0.25) is 0 Å². The minimum atomic E-state index is 0.710. The van der Waals surface area contributed by atoms with Gasteiger partial charge in [-0.25, -0.2) is 9.50 Å². The lowest BCUT2D eigenvalue weighted by Crippen LogP contribution is -1.96. The predicted octanol–water partition coefficient (Wildman–Crippen LogP) is 4.42. The van der Waals surface area contributed by atoms with E-state index in [2.05, 4.69) is 22.0 Å². The number of aryl methyl sites for hydroxylation is 1. The van der Waals surface area contributed by atoms with Crippen molar-refractivity contribution in [3.63, 3.8) is 0 Å². The summed E-state index contributed by atoms with van der Waals surface area (Å²) >= 11 is 5.97. The Labute approximate surface area is 138 Å². The third-order valence-corrected chi connectivity index (χ3v) is 4.12. The molecule has 0 saturated heterocycles. The molecule has 112 valence electrons. The topological polar surface area (TPSA) is 43.1 Å². The Kier molecular flexibility index (Phi) is 3.32. The fourth-order valence-electron chi connectivity index (χ4n) is 2.67. The van der Waals surface area contributed by atoms with E-state index in [9.17, 15) is 0 Å². The van der Waals surface area contributed by atoms with E-state index in [1.54, 1.807) is 12.4 Å². The fraction of sp³-hybridized carbons (Fsp3) is 0.0556. The molecule has 0 spiro atoms. The van der Waals surface area contributed by atoms with Crippen molar-refractivity contribution >= 4 is 17.2 Å². The van der Waals surface area contributed by atoms with Crippen molar-refractivity contribution in [3.8, 4) is 22.4 Å². The van der Waals surface area contributed by atoms with Crippen molar-refractivity contribution in [1.29, 1.82) is 0 Å². The number of fused-ring (bicyclic) bond motifs is 1. The first-order valence-corrected chi connectivity index (χ1v) is 7.61. The maximum Gasteiger partial charge on any atom is 0.162 e. The van der Waals surface area contributed by atoms with Crippen LogP contribution >= 0.6 is 11.6 Å². The first-order valence-electron chi connectivity index (χ1n) is 7.24. The van der Waals surface area contributed by atoms with Crippen LogP contribution in [0.4, 0.5) is 0 Å². The summed E-state index contributed by atoms with van der Waals surface area (Å²) in [5, 5.41) is 5.17. The molecule has 3 aromatic heterocycles. The maximum atomic E-state index is 5.97. The van der Waals surface area contributed by atoms with Gasteiger partial charge in [0.1, 0.15) is 0 Å². The predicted molar refractivity (Wildman–Crippen MR) is 91.4 cm³/mol. The van der Waals surface area contributed by atoms with Gasteiger partial charge in [0.05, 0.1) is 11.9 Å². The van der Waals surface area contributed by atoms with Gasteiger partial charge in [0.15, 0.2) is 5.65 Å². The summed E-state index contributed by atoms with van der Waals surface area (Å²) in [7, 11) is 0. The molecule has 0 aliphatic rings. The van der Waals surface area contributed by atoms with Crippen LogP contribution in [0.2, 0.25) is 5.02 Å². The molecule has 0 fully saturated rings. The van der Waals surface area contributed by atoms with Crippen LogP contribution in [0.3, 0.4) is 0 Å². The molecule has 0 bridgehead atoms. The van der Waals surface area contributed by atoms with E-state index in [0.29, 0.717) is 5.02 Å². The number of pyridine rings is 1. The van der Waals surface area contributed by atoms with Crippen LogP contribution in [0.1, 0.15) is 5.56 Å². The van der Waals surface area contributed by atoms with Crippen molar-refractivity contribution in [1.82, 2.24) is 19.6 Å². The lowest BCUT2D eigenvalue weighted by atomic mass is 10.1. The monoisotopic (exact) mass is 320 g/mol. The number of hydrogen-bond acceptors (Lipinski definition) is 3. The van der Waals surface area contributed by atoms with Gasteiger partial charge in [0, 0.05) is 40.3 Å². The van der Waals surface area contributed by atoms with Crippen LogP contribution in [0.15, 0.2) is 61.2 Å². The standard InChI is InChI=1S/C18H13ClN4/c1-12-6-8-20-10-16(12)15-7-9-22-23-17(11-21-18(15)23)13-2-4-14(19)5-3-13/h2-11H,1H3. The van der Waals surface area contributed by atoms with Crippen molar-refractivity contribution in [2.75, 3.05) is 0 Å². The third kappa shape index (κ3) is 2.37. The quantitative estimate of drug-likeness (QED) is 0.549. The van der Waals surface area contributed by atoms with Gasteiger partial charge in [0.25, 0.3) is 0 Å². The summed E-state index contributed by atoms with van der Waals surface area (Å²) < 4.78 is 1.85. The van der Waals surface area contributed by atoms with E-state index in [1.165, 1.54) is 0 Å². The van der Waals surface area contributed by atoms with E-state index in [0.717, 1.165) is 33.6 Å². The molecule has 0 aliphatic carbocycles. The number of hydrogen-bond donors (Lipinski definition) is 0. The lowest BCUT2D eigenvalue weighted by Gasteiger charge is -2.07. The number of benzene rings is 1. The molecule has 0 radical (unpaired) electrons. The minimum absolute atomic E-state index is 0.710. The largest absolute Gasteiger partial charge is 0.264 e. The molecule has 0 saturated carbocycles. The molecule has 0 N–H and O–H groups in total. The smallest absolute Gasteiger partial charge is 0.162 e. The van der Waals surface area contributed by atoms with Gasteiger partial charge >= 0.3 is 0 Å².